The van der Waals surface area contributed by atoms with E-state index < -0.39 is 18.4 Å². The van der Waals surface area contributed by atoms with E-state index in [1.807, 2.05) is 45.0 Å². The molecule has 1 aliphatic rings. The highest BCUT2D eigenvalue weighted by molar-refractivity contribution is 5.68. The van der Waals surface area contributed by atoms with Crippen molar-refractivity contribution < 1.29 is 23.3 Å². The molecule has 0 unspecified atom stereocenters. The highest BCUT2D eigenvalue weighted by Crippen LogP contribution is 2.31. The maximum atomic E-state index is 13.0. The third-order valence-corrected chi connectivity index (χ3v) is 4.07. The first-order valence-electron chi connectivity index (χ1n) is 8.33. The van der Waals surface area contributed by atoms with Crippen molar-refractivity contribution in [3.05, 3.63) is 48.0 Å². The molecule has 4 nitrogen and oxygen atoms in total. The molecule has 1 aromatic carbocycles. The van der Waals surface area contributed by atoms with E-state index in [0.29, 0.717) is 5.56 Å². The van der Waals surface area contributed by atoms with Crippen LogP contribution in [0.4, 0.5) is 18.6 Å². The minimum atomic E-state index is -0.560. The molecule has 1 N–H and O–H groups in total. The van der Waals surface area contributed by atoms with Gasteiger partial charge >= 0.3 is 6.09 Å². The van der Waals surface area contributed by atoms with E-state index in [1.165, 1.54) is 0 Å². The van der Waals surface area contributed by atoms with Crippen LogP contribution in [-0.4, -0.2) is 35.7 Å². The number of carbonyl (C=O) groups is 1. The van der Waals surface area contributed by atoms with E-state index >= 15 is 0 Å². The maximum Gasteiger partial charge on any atom is 0.408 e. The van der Waals surface area contributed by atoms with Crippen molar-refractivity contribution in [3.8, 4) is 0 Å². The van der Waals surface area contributed by atoms with E-state index in [1.54, 1.807) is 6.07 Å². The number of hydrogen-bond acceptors (Lipinski definition) is 3. The number of halogens is 3. The summed E-state index contributed by atoms with van der Waals surface area (Å²) in [6.07, 6.45) is 2.37. The Morgan fingerprint density at radius 1 is 1.46 bits per heavy atom. The molecule has 148 valence electrons. The summed E-state index contributed by atoms with van der Waals surface area (Å²) in [7, 11) is 0. The first-order chi connectivity index (χ1) is 11.3. The summed E-state index contributed by atoms with van der Waals surface area (Å²) in [4.78, 5) is 14.5. The first-order valence-corrected chi connectivity index (χ1v) is 8.33. The van der Waals surface area contributed by atoms with Gasteiger partial charge in [0.15, 0.2) is 0 Å². The molecule has 0 aliphatic carbocycles. The Hall–Kier alpha value is -2.02. The van der Waals surface area contributed by atoms with Gasteiger partial charge in [-0.1, -0.05) is 30.3 Å². The van der Waals surface area contributed by atoms with Gasteiger partial charge in [-0.05, 0) is 38.3 Å². The van der Waals surface area contributed by atoms with Crippen LogP contribution in [0.15, 0.2) is 36.9 Å². The van der Waals surface area contributed by atoms with Crippen molar-refractivity contribution in [2.75, 3.05) is 13.1 Å². The summed E-state index contributed by atoms with van der Waals surface area (Å²) < 4.78 is 18.4. The van der Waals surface area contributed by atoms with Crippen molar-refractivity contribution >= 4 is 6.09 Å². The average molecular weight is 374 g/mol. The molecule has 1 aromatic rings. The van der Waals surface area contributed by atoms with Crippen LogP contribution >= 0.6 is 0 Å². The van der Waals surface area contributed by atoms with Crippen LogP contribution in [0.1, 0.15) is 44.4 Å². The van der Waals surface area contributed by atoms with Crippen molar-refractivity contribution in [2.45, 2.75) is 51.6 Å². The number of nitrogens with one attached hydrogen (secondary N) is 1. The normalized spacial score (nSPS) is 17.8. The lowest BCUT2D eigenvalue weighted by Gasteiger charge is -2.45. The second kappa shape index (κ2) is 10.2. The van der Waals surface area contributed by atoms with E-state index in [-0.39, 0.29) is 21.5 Å². The fraction of sp³-hybridized carbons (Fsp3) is 0.526. The number of nitrogens with zero attached hydrogens (tertiary/aromatic N) is 1. The fourth-order valence-electron chi connectivity index (χ4n) is 2.94. The van der Waals surface area contributed by atoms with E-state index in [9.17, 15) is 9.18 Å². The smallest absolute Gasteiger partial charge is 0.408 e. The Labute approximate surface area is 153 Å². The zero-order valence-electron chi connectivity index (χ0n) is 15.5. The predicted octanol–water partition coefficient (Wildman–Crippen LogP) is 4.29. The van der Waals surface area contributed by atoms with Crippen LogP contribution in [0.2, 0.25) is 0 Å². The van der Waals surface area contributed by atoms with Crippen LogP contribution in [0.5, 0.6) is 0 Å². The van der Waals surface area contributed by atoms with E-state index in [4.69, 9.17) is 4.74 Å². The lowest BCUT2D eigenvalue weighted by atomic mass is 9.89. The summed E-state index contributed by atoms with van der Waals surface area (Å²) >= 11 is 0. The molecule has 0 aromatic heterocycles. The highest BCUT2D eigenvalue weighted by atomic mass is 19.1. The number of likely N-dealkylation sites (tertiary alicyclic amines) is 1. The molecule has 1 saturated heterocycles. The Kier molecular flexibility index (Phi) is 9.41. The van der Waals surface area contributed by atoms with Gasteiger partial charge in [0, 0.05) is 19.1 Å². The van der Waals surface area contributed by atoms with Gasteiger partial charge in [0.05, 0.1) is 6.04 Å². The van der Waals surface area contributed by atoms with Crippen molar-refractivity contribution in [3.63, 3.8) is 0 Å². The number of benzene rings is 1. The Morgan fingerprint density at radius 3 is 2.65 bits per heavy atom. The van der Waals surface area contributed by atoms with Crippen LogP contribution in [0.25, 0.3) is 0 Å². The first kappa shape index (κ1) is 24.0. The average Bonchev–Trinajstić information content (AvgIpc) is 2.49. The van der Waals surface area contributed by atoms with Gasteiger partial charge in [-0.25, -0.2) is 9.18 Å². The summed E-state index contributed by atoms with van der Waals surface area (Å²) in [5.41, 5.74) is 0.948. The monoisotopic (exact) mass is 374 g/mol. The Morgan fingerprint density at radius 2 is 2.15 bits per heavy atom. The number of amides is 1. The summed E-state index contributed by atoms with van der Waals surface area (Å²) in [6.45, 7) is 10.5. The molecule has 0 spiro atoms. The summed E-state index contributed by atoms with van der Waals surface area (Å²) in [5, 5.41) is 2.97. The van der Waals surface area contributed by atoms with E-state index in [0.717, 1.165) is 25.1 Å². The molecular weight excluding hydrogens is 345 g/mol. The van der Waals surface area contributed by atoms with Crippen LogP contribution < -0.4 is 5.32 Å². The van der Waals surface area contributed by atoms with Crippen molar-refractivity contribution in [1.29, 1.82) is 0 Å². The fourth-order valence-corrected chi connectivity index (χ4v) is 2.94. The minimum Gasteiger partial charge on any atom is -0.444 e. The SMILES string of the molecule is C=CCN1CC[C@H]1[C@@H](NC(=O)OC(C)(C)C)c1cccc(CF)c1.F.F. The van der Waals surface area contributed by atoms with Gasteiger partial charge < -0.3 is 10.1 Å². The molecule has 1 aliphatic heterocycles. The molecule has 0 radical (unpaired) electrons. The summed E-state index contributed by atoms with van der Waals surface area (Å²) in [6, 6.07) is 7.23. The number of rotatable bonds is 6. The lowest BCUT2D eigenvalue weighted by molar-refractivity contribution is 0.0347. The van der Waals surface area contributed by atoms with E-state index in [2.05, 4.69) is 16.8 Å². The van der Waals surface area contributed by atoms with Gasteiger partial charge in [-0.2, -0.15) is 0 Å². The highest BCUT2D eigenvalue weighted by Gasteiger charge is 2.36. The minimum absolute atomic E-state index is 0. The molecular formula is C19H29F3N2O2. The largest absolute Gasteiger partial charge is 0.444 e. The maximum absolute atomic E-state index is 13.0. The Balaban J connectivity index is 0.00000312. The third kappa shape index (κ3) is 6.37. The number of hydrogen-bond donors (Lipinski definition) is 1. The topological polar surface area (TPSA) is 41.6 Å². The number of ether oxygens (including phenoxy) is 1. The molecule has 0 saturated carbocycles. The molecule has 0 bridgehead atoms. The van der Waals surface area contributed by atoms with Crippen LogP contribution in [0.3, 0.4) is 0 Å². The number of carbonyl (C=O) groups excluding carboxylic acids is 1. The lowest BCUT2D eigenvalue weighted by Crippen LogP contribution is -2.55. The van der Waals surface area contributed by atoms with Crippen molar-refractivity contribution in [1.82, 2.24) is 10.2 Å². The Bertz CT molecular complexity index is 590. The van der Waals surface area contributed by atoms with Gasteiger partial charge in [0.1, 0.15) is 12.3 Å². The molecule has 26 heavy (non-hydrogen) atoms. The quantitative estimate of drug-likeness (QED) is 0.756. The molecule has 1 heterocycles. The zero-order chi connectivity index (χ0) is 17.7. The third-order valence-electron chi connectivity index (χ3n) is 4.07. The molecule has 1 fully saturated rings. The number of alkyl halides is 1. The van der Waals surface area contributed by atoms with Crippen molar-refractivity contribution in [2.24, 2.45) is 0 Å². The summed E-state index contributed by atoms with van der Waals surface area (Å²) in [5.74, 6) is 0. The number of alkyl carbamates (subject to hydrolysis) is 1. The van der Waals surface area contributed by atoms with Gasteiger partial charge in [-0.3, -0.25) is 14.3 Å². The molecule has 7 heteroatoms. The van der Waals surface area contributed by atoms with Gasteiger partial charge in [-0.15, -0.1) is 6.58 Å². The molecule has 2 atom stereocenters. The molecule has 2 rings (SSSR count). The molecule has 1 amide bonds. The second-order valence-corrected chi connectivity index (χ2v) is 7.14. The van der Waals surface area contributed by atoms with Gasteiger partial charge in [0.25, 0.3) is 0 Å². The van der Waals surface area contributed by atoms with Gasteiger partial charge in [0.2, 0.25) is 0 Å². The standard InChI is InChI=1S/C19H27FN2O2.2FH/c1-5-10-22-11-9-16(22)17(21-18(23)24-19(2,3)4)15-8-6-7-14(12-15)13-20;;/h5-8,12,16-17H,1,9-11,13H2,2-4H3,(H,21,23);2*1H/t16-,17-;;/m0../s1. The predicted molar refractivity (Wildman–Crippen MR) is 98.5 cm³/mol. The van der Waals surface area contributed by atoms with Crippen LogP contribution in [0, 0.1) is 0 Å². The second-order valence-electron chi connectivity index (χ2n) is 7.14. The zero-order valence-corrected chi connectivity index (χ0v) is 15.5. The van der Waals surface area contributed by atoms with Crippen LogP contribution in [-0.2, 0) is 11.4 Å².